The Kier molecular flexibility index (Phi) is 7.96. The van der Waals surface area contributed by atoms with Crippen LogP contribution in [0.15, 0.2) is 53.4 Å². The van der Waals surface area contributed by atoms with E-state index in [1.54, 1.807) is 36.4 Å². The second kappa shape index (κ2) is 10.0. The van der Waals surface area contributed by atoms with Crippen LogP contribution >= 0.6 is 0 Å². The number of hydrogen-bond acceptors (Lipinski definition) is 5. The molecule has 0 fully saturated rings. The molecule has 1 N–H and O–H groups in total. The Hall–Kier alpha value is -2.22. The lowest BCUT2D eigenvalue weighted by Crippen LogP contribution is -2.23. The lowest BCUT2D eigenvalue weighted by atomic mass is 10.1. The summed E-state index contributed by atoms with van der Waals surface area (Å²) in [5.74, 6) is -0.350. The first-order valence-electron chi connectivity index (χ1n) is 9.47. The number of aliphatic hydroxyl groups is 1. The van der Waals surface area contributed by atoms with E-state index in [4.69, 9.17) is 9.47 Å². The summed E-state index contributed by atoms with van der Waals surface area (Å²) in [6.07, 6.45) is 0.652. The Morgan fingerprint density at radius 1 is 0.966 bits per heavy atom. The van der Waals surface area contributed by atoms with E-state index in [9.17, 15) is 13.2 Å². The van der Waals surface area contributed by atoms with Gasteiger partial charge >= 0.3 is 16.1 Å². The smallest absolute Gasteiger partial charge is 0.410 e. The first-order valence-corrected chi connectivity index (χ1v) is 10.9. The maximum atomic E-state index is 12.1. The Balaban J connectivity index is 1.70. The van der Waals surface area contributed by atoms with Crippen LogP contribution in [0.25, 0.3) is 0 Å². The lowest BCUT2D eigenvalue weighted by molar-refractivity contribution is 0.00694. The largest absolute Gasteiger partial charge is 0.456 e. The summed E-state index contributed by atoms with van der Waals surface area (Å²) >= 11 is 0. The topological polar surface area (TPSA) is 82.5 Å². The molecule has 0 atom stereocenters. The average molecular weight is 422 g/mol. The van der Waals surface area contributed by atoms with Gasteiger partial charge < -0.3 is 13.7 Å². The van der Waals surface area contributed by atoms with Gasteiger partial charge in [0.15, 0.2) is 6.61 Å². The number of hydrogen-bond donors (Lipinski definition) is 0. The van der Waals surface area contributed by atoms with Gasteiger partial charge in [0.05, 0.1) is 12.2 Å². The van der Waals surface area contributed by atoms with Crippen LogP contribution in [0.3, 0.4) is 0 Å². The molecule has 0 heterocycles. The van der Waals surface area contributed by atoms with Crippen LogP contribution < -0.4 is 0 Å². The molecule has 0 spiro atoms. The highest BCUT2D eigenvalue weighted by atomic mass is 32.2. The minimum absolute atomic E-state index is 0.0772. The van der Waals surface area contributed by atoms with Crippen LogP contribution in [-0.4, -0.2) is 44.0 Å². The molecule has 2 aromatic carbocycles. The normalized spacial score (nSPS) is 12.0. The van der Waals surface area contributed by atoms with Crippen LogP contribution in [0, 0.1) is 6.92 Å². The standard InChI is InChI=1S/C22H28O6S/c1-17-5-11-20(12-6-17)29(24,25)27-16-15-26-14-13-18-7-9-19(10-8-18)21(23)28-22(2,3)4/h5-12H,13-16H2,1-4H3/p+1. The van der Waals surface area contributed by atoms with Gasteiger partial charge in [-0.1, -0.05) is 29.8 Å². The van der Waals surface area contributed by atoms with Crippen molar-refractivity contribution < 1.29 is 26.9 Å². The van der Waals surface area contributed by atoms with Crippen molar-refractivity contribution in [2.24, 2.45) is 0 Å². The number of ether oxygens (including phenoxy) is 2. The van der Waals surface area contributed by atoms with Crippen LogP contribution in [0.1, 0.15) is 42.3 Å². The minimum atomic E-state index is -3.64. The van der Waals surface area contributed by atoms with Crippen molar-refractivity contribution in [1.29, 1.82) is 0 Å². The summed E-state index contributed by atoms with van der Waals surface area (Å²) in [6, 6.07) is 13.8. The fourth-order valence-corrected chi connectivity index (χ4v) is 3.39. The van der Waals surface area contributed by atoms with Gasteiger partial charge in [-0.25, -0.2) is 4.79 Å². The van der Waals surface area contributed by atoms with Crippen LogP contribution in [0.2, 0.25) is 0 Å². The monoisotopic (exact) mass is 421 g/mol. The second-order valence-corrected chi connectivity index (χ2v) is 9.38. The third-order valence-corrected chi connectivity index (χ3v) is 5.33. The molecule has 158 valence electrons. The first kappa shape index (κ1) is 23.1. The third-order valence-electron chi connectivity index (χ3n) is 3.94. The van der Waals surface area contributed by atoms with Gasteiger partial charge in [-0.2, -0.15) is 0 Å². The fraction of sp³-hybridized carbons (Fsp3) is 0.409. The molecular weight excluding hydrogens is 392 g/mol. The van der Waals surface area contributed by atoms with E-state index < -0.39 is 15.7 Å². The predicted molar refractivity (Wildman–Crippen MR) is 112 cm³/mol. The summed E-state index contributed by atoms with van der Waals surface area (Å²) < 4.78 is 38.8. The Bertz CT molecular complexity index is 894. The molecule has 0 saturated carbocycles. The quantitative estimate of drug-likeness (QED) is 0.204. The minimum Gasteiger partial charge on any atom is -0.456 e. The Morgan fingerprint density at radius 3 is 2.17 bits per heavy atom. The molecule has 7 heteroatoms. The molecule has 0 aliphatic carbocycles. The van der Waals surface area contributed by atoms with Crippen molar-refractivity contribution in [1.82, 2.24) is 0 Å². The molecule has 0 radical (unpaired) electrons. The van der Waals surface area contributed by atoms with E-state index in [2.05, 4.69) is 4.18 Å². The summed E-state index contributed by atoms with van der Waals surface area (Å²) in [7, 11) is -3.64. The number of esters is 1. The molecule has 6 nitrogen and oxygen atoms in total. The van der Waals surface area contributed by atoms with Crippen LogP contribution in [0.5, 0.6) is 0 Å². The number of aryl methyl sites for hydroxylation is 1. The van der Waals surface area contributed by atoms with E-state index in [-0.39, 0.29) is 24.1 Å². The van der Waals surface area contributed by atoms with Gasteiger partial charge in [-0.3, -0.25) is 0 Å². The van der Waals surface area contributed by atoms with Crippen molar-refractivity contribution in [3.05, 3.63) is 65.2 Å². The molecule has 0 saturated heterocycles. The van der Waals surface area contributed by atoms with Crippen molar-refractivity contribution in [2.45, 2.75) is 44.6 Å². The molecular formula is C22H29O6S+. The highest BCUT2D eigenvalue weighted by molar-refractivity contribution is 7.86. The van der Waals surface area contributed by atoms with Gasteiger partial charge in [-0.15, -0.1) is 8.42 Å². The van der Waals surface area contributed by atoms with E-state index >= 15 is 0 Å². The molecule has 0 amide bonds. The first-order chi connectivity index (χ1) is 13.6. The molecule has 0 aliphatic heterocycles. The molecule has 0 bridgehead atoms. The van der Waals surface area contributed by atoms with Gasteiger partial charge in [0.1, 0.15) is 17.1 Å². The molecule has 29 heavy (non-hydrogen) atoms. The van der Waals surface area contributed by atoms with E-state index in [0.29, 0.717) is 18.6 Å². The van der Waals surface area contributed by atoms with Gasteiger partial charge in [-0.05, 0) is 63.9 Å². The van der Waals surface area contributed by atoms with Crippen LogP contribution in [-0.2, 0) is 26.0 Å². The zero-order valence-electron chi connectivity index (χ0n) is 17.3. The predicted octanol–water partition coefficient (Wildman–Crippen LogP) is 3.43. The SMILES string of the molecule is Cc1ccc(S(=O)(=O)[OH+]CCOCCc2ccc(C(=O)OC(C)(C)C)cc2)cc1. The summed E-state index contributed by atoms with van der Waals surface area (Å²) in [5, 5.41) is 0. The highest BCUT2D eigenvalue weighted by Crippen LogP contribution is 2.14. The van der Waals surface area contributed by atoms with Crippen molar-refractivity contribution in [2.75, 3.05) is 19.8 Å². The number of carbonyl (C=O) groups excluding carboxylic acids is 1. The molecule has 0 unspecified atom stereocenters. The maximum absolute atomic E-state index is 12.1. The number of carbonyl (C=O) groups is 1. The maximum Gasteiger partial charge on any atom is 0.410 e. The van der Waals surface area contributed by atoms with Crippen molar-refractivity contribution >= 4 is 16.1 Å². The summed E-state index contributed by atoms with van der Waals surface area (Å²) in [6.45, 7) is 8.12. The Labute approximate surface area is 172 Å². The van der Waals surface area contributed by atoms with Crippen molar-refractivity contribution in [3.63, 3.8) is 0 Å². The highest BCUT2D eigenvalue weighted by Gasteiger charge is 2.20. The summed E-state index contributed by atoms with van der Waals surface area (Å²) in [5.41, 5.74) is 1.99. The van der Waals surface area contributed by atoms with E-state index in [0.717, 1.165) is 11.1 Å². The molecule has 0 aliphatic rings. The zero-order valence-corrected chi connectivity index (χ0v) is 18.2. The molecule has 2 rings (SSSR count). The third kappa shape index (κ3) is 7.97. The molecule has 2 aromatic rings. The van der Waals surface area contributed by atoms with Crippen molar-refractivity contribution in [3.8, 4) is 0 Å². The van der Waals surface area contributed by atoms with Gasteiger partial charge in [0.2, 0.25) is 0 Å². The number of benzene rings is 2. The van der Waals surface area contributed by atoms with E-state index in [1.165, 1.54) is 0 Å². The lowest BCUT2D eigenvalue weighted by Gasteiger charge is -2.19. The second-order valence-electron chi connectivity index (χ2n) is 7.70. The van der Waals surface area contributed by atoms with Crippen LogP contribution in [0.4, 0.5) is 0 Å². The zero-order chi connectivity index (χ0) is 21.5. The number of rotatable bonds is 9. The van der Waals surface area contributed by atoms with Gasteiger partial charge in [0.25, 0.3) is 0 Å². The summed E-state index contributed by atoms with van der Waals surface area (Å²) in [4.78, 5) is 12.2. The average Bonchev–Trinajstić information content (AvgIpc) is 2.64. The fourth-order valence-electron chi connectivity index (χ4n) is 2.44. The van der Waals surface area contributed by atoms with Gasteiger partial charge in [0, 0.05) is 0 Å². The molecule has 0 aromatic heterocycles. The van der Waals surface area contributed by atoms with E-state index in [1.807, 2.05) is 39.8 Å². The Morgan fingerprint density at radius 2 is 1.59 bits per heavy atom.